The number of hydrogen-bond donors (Lipinski definition) is 2. The zero-order valence-electron chi connectivity index (χ0n) is 6.85. The van der Waals surface area contributed by atoms with Crippen LogP contribution in [0.2, 0.25) is 0 Å². The van der Waals surface area contributed by atoms with E-state index in [9.17, 15) is 14.7 Å². The van der Waals surface area contributed by atoms with Gasteiger partial charge in [0, 0.05) is 0 Å². The first-order chi connectivity index (χ1) is 5.99. The molecule has 2 N–H and O–H groups in total. The van der Waals surface area contributed by atoms with Gasteiger partial charge in [-0.05, 0) is 18.4 Å². The summed E-state index contributed by atoms with van der Waals surface area (Å²) in [5, 5.41) is 19.7. The predicted molar refractivity (Wildman–Crippen MR) is 46.9 cm³/mol. The van der Waals surface area contributed by atoms with Crippen molar-refractivity contribution in [3.63, 3.8) is 0 Å². The molecule has 0 bridgehead atoms. The Morgan fingerprint density at radius 1 is 1.69 bits per heavy atom. The summed E-state index contributed by atoms with van der Waals surface area (Å²) in [6.45, 7) is 1.26. The molecule has 1 rings (SSSR count). The number of carbonyl (C=O) groups excluding carboxylic acids is 1. The molecule has 4 nitrogen and oxygen atoms in total. The van der Waals surface area contributed by atoms with E-state index >= 15 is 0 Å². The number of aldehydes is 1. The van der Waals surface area contributed by atoms with Crippen LogP contribution in [0.4, 0.5) is 0 Å². The van der Waals surface area contributed by atoms with Crippen LogP contribution in [-0.2, 0) is 10.4 Å². The largest absolute Gasteiger partial charge is 0.478 e. The van der Waals surface area contributed by atoms with Crippen molar-refractivity contribution in [1.82, 2.24) is 0 Å². The molecule has 13 heavy (non-hydrogen) atoms. The van der Waals surface area contributed by atoms with E-state index in [1.165, 1.54) is 18.4 Å². The second-order valence-electron chi connectivity index (χ2n) is 2.73. The third-order valence-corrected chi connectivity index (χ3v) is 2.73. The van der Waals surface area contributed by atoms with Crippen LogP contribution in [-0.4, -0.2) is 22.5 Å². The molecule has 0 aliphatic carbocycles. The fourth-order valence-corrected chi connectivity index (χ4v) is 1.83. The van der Waals surface area contributed by atoms with E-state index < -0.39 is 11.6 Å². The number of aromatic carboxylic acids is 1. The van der Waals surface area contributed by atoms with E-state index in [1.807, 2.05) is 0 Å². The molecule has 1 atom stereocenters. The Balaban J connectivity index is 3.22. The molecule has 1 unspecified atom stereocenters. The summed E-state index contributed by atoms with van der Waals surface area (Å²) >= 11 is 1.05. The summed E-state index contributed by atoms with van der Waals surface area (Å²) in [6, 6.07) is 1.36. The van der Waals surface area contributed by atoms with Crippen molar-refractivity contribution >= 4 is 23.6 Å². The van der Waals surface area contributed by atoms with Gasteiger partial charge in [0.05, 0.1) is 10.4 Å². The second kappa shape index (κ2) is 3.27. The van der Waals surface area contributed by atoms with Crippen molar-refractivity contribution in [3.8, 4) is 0 Å². The van der Waals surface area contributed by atoms with Gasteiger partial charge in [0.2, 0.25) is 0 Å². The van der Waals surface area contributed by atoms with Crippen molar-refractivity contribution in [1.29, 1.82) is 0 Å². The highest BCUT2D eigenvalue weighted by atomic mass is 32.1. The van der Waals surface area contributed by atoms with Gasteiger partial charge in [-0.1, -0.05) is 0 Å². The minimum atomic E-state index is -1.71. The lowest BCUT2D eigenvalue weighted by atomic mass is 10.0. The lowest BCUT2D eigenvalue weighted by molar-refractivity contribution is -0.122. The summed E-state index contributed by atoms with van der Waals surface area (Å²) in [4.78, 5) is 21.3. The second-order valence-corrected chi connectivity index (χ2v) is 3.65. The van der Waals surface area contributed by atoms with Gasteiger partial charge in [0.1, 0.15) is 0 Å². The van der Waals surface area contributed by atoms with E-state index in [-0.39, 0.29) is 10.4 Å². The first kappa shape index (κ1) is 9.88. The molecule has 0 radical (unpaired) electrons. The SMILES string of the molecule is CC(O)(C=O)c1sccc1C(=O)O. The molecule has 1 aromatic rings. The van der Waals surface area contributed by atoms with E-state index in [0.717, 1.165) is 11.3 Å². The maximum atomic E-state index is 10.6. The molecule has 0 aliphatic rings. The highest BCUT2D eigenvalue weighted by Crippen LogP contribution is 2.27. The van der Waals surface area contributed by atoms with E-state index in [0.29, 0.717) is 6.29 Å². The first-order valence-corrected chi connectivity index (χ1v) is 4.37. The molecule has 0 aromatic carbocycles. The van der Waals surface area contributed by atoms with Gasteiger partial charge in [0.15, 0.2) is 11.9 Å². The molecule has 0 saturated heterocycles. The summed E-state index contributed by atoms with van der Waals surface area (Å²) in [5.41, 5.74) is -1.73. The molecule has 70 valence electrons. The lowest BCUT2D eigenvalue weighted by Crippen LogP contribution is -2.23. The third-order valence-electron chi connectivity index (χ3n) is 1.58. The first-order valence-electron chi connectivity index (χ1n) is 3.49. The molecule has 0 fully saturated rings. The van der Waals surface area contributed by atoms with Crippen LogP contribution in [0.5, 0.6) is 0 Å². The van der Waals surface area contributed by atoms with Crippen LogP contribution in [0.3, 0.4) is 0 Å². The van der Waals surface area contributed by atoms with Gasteiger partial charge in [-0.15, -0.1) is 11.3 Å². The normalized spacial score (nSPS) is 14.9. The minimum absolute atomic E-state index is 0.0258. The molecule has 0 amide bonds. The van der Waals surface area contributed by atoms with Gasteiger partial charge < -0.3 is 10.2 Å². The van der Waals surface area contributed by atoms with E-state index in [1.54, 1.807) is 0 Å². The minimum Gasteiger partial charge on any atom is -0.478 e. The summed E-state index contributed by atoms with van der Waals surface area (Å²) < 4.78 is 0. The van der Waals surface area contributed by atoms with Crippen molar-refractivity contribution in [2.75, 3.05) is 0 Å². The van der Waals surface area contributed by atoms with Crippen molar-refractivity contribution < 1.29 is 19.8 Å². The average Bonchev–Trinajstić information content (AvgIpc) is 2.52. The van der Waals surface area contributed by atoms with Crippen LogP contribution >= 0.6 is 11.3 Å². The Labute approximate surface area is 78.4 Å². The third kappa shape index (κ3) is 1.76. The zero-order chi connectivity index (χ0) is 10.1. The fraction of sp³-hybridized carbons (Fsp3) is 0.250. The van der Waals surface area contributed by atoms with Crippen LogP contribution in [0, 0.1) is 0 Å². The molecule has 1 heterocycles. The standard InChI is InChI=1S/C8H8O4S/c1-8(12,4-9)6-5(7(10)11)2-3-13-6/h2-4,12H,1H3,(H,10,11). The Hall–Kier alpha value is -1.20. The zero-order valence-corrected chi connectivity index (χ0v) is 7.67. The average molecular weight is 200 g/mol. The van der Waals surface area contributed by atoms with Crippen LogP contribution in [0.15, 0.2) is 11.4 Å². The molecule has 0 aliphatic heterocycles. The number of aliphatic hydroxyl groups is 1. The Bertz CT molecular complexity index is 340. The topological polar surface area (TPSA) is 74.6 Å². The fourth-order valence-electron chi connectivity index (χ4n) is 0.923. The van der Waals surface area contributed by atoms with E-state index in [2.05, 4.69) is 0 Å². The Kier molecular flexibility index (Phi) is 2.49. The number of rotatable bonds is 3. The molecule has 0 saturated carbocycles. The van der Waals surface area contributed by atoms with Crippen LogP contribution in [0.1, 0.15) is 22.2 Å². The highest BCUT2D eigenvalue weighted by Gasteiger charge is 2.29. The van der Waals surface area contributed by atoms with Crippen molar-refractivity contribution in [3.05, 3.63) is 21.9 Å². The predicted octanol–water partition coefficient (Wildman–Crippen LogP) is 0.853. The molecule has 5 heteroatoms. The summed E-state index contributed by atoms with van der Waals surface area (Å²) in [7, 11) is 0. The monoisotopic (exact) mass is 200 g/mol. The van der Waals surface area contributed by atoms with Gasteiger partial charge in [-0.25, -0.2) is 4.79 Å². The molecule has 1 aromatic heterocycles. The lowest BCUT2D eigenvalue weighted by Gasteiger charge is -2.14. The number of hydrogen-bond acceptors (Lipinski definition) is 4. The highest BCUT2D eigenvalue weighted by molar-refractivity contribution is 7.10. The number of carboxylic acid groups (broad SMARTS) is 1. The number of carboxylic acids is 1. The Morgan fingerprint density at radius 3 is 2.77 bits per heavy atom. The summed E-state index contributed by atoms with van der Waals surface area (Å²) in [6.07, 6.45) is 0.325. The van der Waals surface area contributed by atoms with Gasteiger partial charge in [-0.2, -0.15) is 0 Å². The number of carbonyl (C=O) groups is 2. The summed E-state index contributed by atoms with van der Waals surface area (Å²) in [5.74, 6) is -1.14. The molecular weight excluding hydrogens is 192 g/mol. The maximum absolute atomic E-state index is 10.6. The van der Waals surface area contributed by atoms with Gasteiger partial charge >= 0.3 is 5.97 Å². The maximum Gasteiger partial charge on any atom is 0.336 e. The van der Waals surface area contributed by atoms with Crippen molar-refractivity contribution in [2.45, 2.75) is 12.5 Å². The molecule has 0 spiro atoms. The van der Waals surface area contributed by atoms with Crippen LogP contribution < -0.4 is 0 Å². The smallest absolute Gasteiger partial charge is 0.336 e. The van der Waals surface area contributed by atoms with E-state index in [4.69, 9.17) is 5.11 Å². The van der Waals surface area contributed by atoms with Gasteiger partial charge in [-0.3, -0.25) is 4.79 Å². The van der Waals surface area contributed by atoms with Crippen molar-refractivity contribution in [2.24, 2.45) is 0 Å². The quantitative estimate of drug-likeness (QED) is 0.709. The van der Waals surface area contributed by atoms with Gasteiger partial charge in [0.25, 0.3) is 0 Å². The Morgan fingerprint density at radius 2 is 2.31 bits per heavy atom. The van der Waals surface area contributed by atoms with Crippen LogP contribution in [0.25, 0.3) is 0 Å². The number of thiophene rings is 1. The molecular formula is C8H8O4S.